The Bertz CT molecular complexity index is 634. The SMILES string of the molecule is CN(C)Cc1ccccc1NC1CCc2cc(N)ccc21. The molecule has 0 saturated carbocycles. The molecule has 0 spiro atoms. The third-order valence-electron chi connectivity index (χ3n) is 4.08. The van der Waals surface area contributed by atoms with E-state index < -0.39 is 0 Å². The van der Waals surface area contributed by atoms with Crippen LogP contribution in [0.15, 0.2) is 42.5 Å². The quantitative estimate of drug-likeness (QED) is 0.844. The van der Waals surface area contributed by atoms with Crippen molar-refractivity contribution in [3.63, 3.8) is 0 Å². The number of anilines is 2. The van der Waals surface area contributed by atoms with Gasteiger partial charge >= 0.3 is 0 Å². The number of fused-ring (bicyclic) bond motifs is 1. The third kappa shape index (κ3) is 3.03. The predicted molar refractivity (Wildman–Crippen MR) is 89.4 cm³/mol. The minimum absolute atomic E-state index is 0.393. The average molecular weight is 281 g/mol. The fourth-order valence-corrected chi connectivity index (χ4v) is 3.11. The van der Waals surface area contributed by atoms with Crippen molar-refractivity contribution in [2.75, 3.05) is 25.1 Å². The van der Waals surface area contributed by atoms with Crippen LogP contribution < -0.4 is 11.1 Å². The third-order valence-corrected chi connectivity index (χ3v) is 4.08. The Morgan fingerprint density at radius 2 is 2.00 bits per heavy atom. The van der Waals surface area contributed by atoms with E-state index in [2.05, 4.69) is 60.7 Å². The van der Waals surface area contributed by atoms with Crippen molar-refractivity contribution in [3.8, 4) is 0 Å². The van der Waals surface area contributed by atoms with Crippen molar-refractivity contribution >= 4 is 11.4 Å². The number of aryl methyl sites for hydroxylation is 1. The largest absolute Gasteiger partial charge is 0.399 e. The molecule has 0 amide bonds. The molecule has 0 saturated heterocycles. The molecule has 1 unspecified atom stereocenters. The molecule has 3 rings (SSSR count). The molecular weight excluding hydrogens is 258 g/mol. The predicted octanol–water partition coefficient (Wildman–Crippen LogP) is 3.43. The summed E-state index contributed by atoms with van der Waals surface area (Å²) < 4.78 is 0. The van der Waals surface area contributed by atoms with Gasteiger partial charge in [0.2, 0.25) is 0 Å². The number of nitrogen functional groups attached to an aromatic ring is 1. The van der Waals surface area contributed by atoms with E-state index in [1.54, 1.807) is 0 Å². The molecule has 110 valence electrons. The molecule has 1 aliphatic carbocycles. The van der Waals surface area contributed by atoms with Crippen LogP contribution >= 0.6 is 0 Å². The summed E-state index contributed by atoms with van der Waals surface area (Å²) in [6.45, 7) is 0.949. The lowest BCUT2D eigenvalue weighted by atomic mass is 10.1. The molecule has 0 bridgehead atoms. The fraction of sp³-hybridized carbons (Fsp3) is 0.333. The summed E-state index contributed by atoms with van der Waals surface area (Å²) in [4.78, 5) is 2.20. The highest BCUT2D eigenvalue weighted by Crippen LogP contribution is 2.35. The standard InChI is InChI=1S/C18H23N3/c1-21(2)12-14-5-3-4-6-17(14)20-18-10-7-13-11-15(19)8-9-16(13)18/h3-6,8-9,11,18,20H,7,10,12,19H2,1-2H3. The van der Waals surface area contributed by atoms with Gasteiger partial charge in [-0.1, -0.05) is 24.3 Å². The maximum Gasteiger partial charge on any atom is 0.0519 e. The van der Waals surface area contributed by atoms with Crippen molar-refractivity contribution in [1.29, 1.82) is 0 Å². The lowest BCUT2D eigenvalue weighted by Gasteiger charge is -2.20. The average Bonchev–Trinajstić information content (AvgIpc) is 2.83. The topological polar surface area (TPSA) is 41.3 Å². The van der Waals surface area contributed by atoms with E-state index in [9.17, 15) is 0 Å². The van der Waals surface area contributed by atoms with E-state index in [-0.39, 0.29) is 0 Å². The molecule has 0 radical (unpaired) electrons. The summed E-state index contributed by atoms with van der Waals surface area (Å²) in [7, 11) is 4.20. The Morgan fingerprint density at radius 3 is 2.81 bits per heavy atom. The van der Waals surface area contributed by atoms with Crippen LogP contribution in [0, 0.1) is 0 Å². The number of nitrogens with zero attached hydrogens (tertiary/aromatic N) is 1. The molecule has 1 aliphatic rings. The van der Waals surface area contributed by atoms with E-state index in [4.69, 9.17) is 5.73 Å². The fourth-order valence-electron chi connectivity index (χ4n) is 3.11. The van der Waals surface area contributed by atoms with Crippen molar-refractivity contribution in [3.05, 3.63) is 59.2 Å². The highest BCUT2D eigenvalue weighted by atomic mass is 15.1. The van der Waals surface area contributed by atoms with Crippen LogP contribution in [0.25, 0.3) is 0 Å². The lowest BCUT2D eigenvalue weighted by Crippen LogP contribution is -2.14. The Labute approximate surface area is 126 Å². The Morgan fingerprint density at radius 1 is 1.19 bits per heavy atom. The first-order valence-corrected chi connectivity index (χ1v) is 7.51. The van der Waals surface area contributed by atoms with Gasteiger partial charge in [-0.25, -0.2) is 0 Å². The number of nitrogens with two attached hydrogens (primary N) is 1. The number of rotatable bonds is 4. The lowest BCUT2D eigenvalue weighted by molar-refractivity contribution is 0.403. The van der Waals surface area contributed by atoms with Gasteiger partial charge in [0.05, 0.1) is 6.04 Å². The molecule has 3 nitrogen and oxygen atoms in total. The Kier molecular flexibility index (Phi) is 3.84. The number of para-hydroxylation sites is 1. The van der Waals surface area contributed by atoms with Gasteiger partial charge in [0, 0.05) is 17.9 Å². The zero-order valence-electron chi connectivity index (χ0n) is 12.8. The van der Waals surface area contributed by atoms with E-state index in [1.807, 2.05) is 6.07 Å². The molecule has 3 N–H and O–H groups in total. The van der Waals surface area contributed by atoms with Crippen LogP contribution in [0.1, 0.15) is 29.2 Å². The summed E-state index contributed by atoms with van der Waals surface area (Å²) in [6.07, 6.45) is 2.24. The summed E-state index contributed by atoms with van der Waals surface area (Å²) in [6, 6.07) is 15.3. The summed E-state index contributed by atoms with van der Waals surface area (Å²) in [5, 5.41) is 3.72. The van der Waals surface area contributed by atoms with Crippen molar-refractivity contribution in [2.45, 2.75) is 25.4 Å². The van der Waals surface area contributed by atoms with E-state index in [0.29, 0.717) is 6.04 Å². The maximum atomic E-state index is 5.88. The van der Waals surface area contributed by atoms with Crippen LogP contribution in [0.3, 0.4) is 0 Å². The monoisotopic (exact) mass is 281 g/mol. The summed E-state index contributed by atoms with van der Waals surface area (Å²) in [5.74, 6) is 0. The number of hydrogen-bond donors (Lipinski definition) is 2. The van der Waals surface area contributed by atoms with Crippen molar-refractivity contribution in [2.24, 2.45) is 0 Å². The molecule has 3 heteroatoms. The van der Waals surface area contributed by atoms with Gasteiger partial charge in [-0.3, -0.25) is 0 Å². The first-order valence-electron chi connectivity index (χ1n) is 7.51. The second kappa shape index (κ2) is 5.78. The van der Waals surface area contributed by atoms with E-state index >= 15 is 0 Å². The van der Waals surface area contributed by atoms with Crippen molar-refractivity contribution in [1.82, 2.24) is 4.90 Å². The van der Waals surface area contributed by atoms with Gasteiger partial charge in [-0.15, -0.1) is 0 Å². The van der Waals surface area contributed by atoms with Crippen LogP contribution in [-0.2, 0) is 13.0 Å². The summed E-state index contributed by atoms with van der Waals surface area (Å²) in [5.41, 5.74) is 12.1. The zero-order chi connectivity index (χ0) is 14.8. The number of benzene rings is 2. The second-order valence-corrected chi connectivity index (χ2v) is 6.09. The normalized spacial score (nSPS) is 17.0. The molecule has 0 heterocycles. The zero-order valence-corrected chi connectivity index (χ0v) is 12.8. The first kappa shape index (κ1) is 14.0. The van der Waals surface area contributed by atoms with Crippen LogP contribution in [-0.4, -0.2) is 19.0 Å². The smallest absolute Gasteiger partial charge is 0.0519 e. The van der Waals surface area contributed by atoms with Crippen LogP contribution in [0.4, 0.5) is 11.4 Å². The van der Waals surface area contributed by atoms with Gasteiger partial charge in [-0.05, 0) is 61.8 Å². The Balaban J connectivity index is 1.83. The van der Waals surface area contributed by atoms with Gasteiger partial charge < -0.3 is 16.0 Å². The number of hydrogen-bond acceptors (Lipinski definition) is 3. The minimum atomic E-state index is 0.393. The summed E-state index contributed by atoms with van der Waals surface area (Å²) >= 11 is 0. The molecule has 0 aliphatic heterocycles. The highest BCUT2D eigenvalue weighted by Gasteiger charge is 2.22. The van der Waals surface area contributed by atoms with E-state index in [1.165, 1.54) is 22.4 Å². The molecule has 2 aromatic rings. The van der Waals surface area contributed by atoms with Gasteiger partial charge in [0.15, 0.2) is 0 Å². The van der Waals surface area contributed by atoms with Crippen molar-refractivity contribution < 1.29 is 0 Å². The van der Waals surface area contributed by atoms with Crippen LogP contribution in [0.5, 0.6) is 0 Å². The molecule has 0 aromatic heterocycles. The molecule has 1 atom stereocenters. The number of nitrogens with one attached hydrogen (secondary N) is 1. The molecule has 21 heavy (non-hydrogen) atoms. The van der Waals surface area contributed by atoms with Gasteiger partial charge in [-0.2, -0.15) is 0 Å². The maximum absolute atomic E-state index is 5.88. The molecule has 0 fully saturated rings. The minimum Gasteiger partial charge on any atom is -0.399 e. The van der Waals surface area contributed by atoms with Gasteiger partial charge in [0.25, 0.3) is 0 Å². The second-order valence-electron chi connectivity index (χ2n) is 6.09. The molecular formula is C18H23N3. The first-order chi connectivity index (χ1) is 10.1. The molecule has 2 aromatic carbocycles. The van der Waals surface area contributed by atoms with Crippen LogP contribution in [0.2, 0.25) is 0 Å². The highest BCUT2D eigenvalue weighted by molar-refractivity contribution is 5.55. The van der Waals surface area contributed by atoms with Gasteiger partial charge in [0.1, 0.15) is 0 Å². The van der Waals surface area contributed by atoms with E-state index in [0.717, 1.165) is 25.1 Å². The Hall–Kier alpha value is -2.00.